The van der Waals surface area contributed by atoms with Crippen molar-refractivity contribution in [1.29, 1.82) is 0 Å². The Labute approximate surface area is 118 Å². The number of anilines is 1. The molecule has 1 heterocycles. The minimum atomic E-state index is -4.24. The van der Waals surface area contributed by atoms with Gasteiger partial charge >= 0.3 is 6.18 Å². The molecule has 0 unspecified atom stereocenters. The summed E-state index contributed by atoms with van der Waals surface area (Å²) in [7, 11) is 0. The highest BCUT2D eigenvalue weighted by molar-refractivity contribution is 5.58. The average molecular weight is 301 g/mol. The zero-order valence-electron chi connectivity index (χ0n) is 11.0. The highest BCUT2D eigenvalue weighted by Crippen LogP contribution is 2.23. The number of benzene rings is 1. The van der Waals surface area contributed by atoms with Gasteiger partial charge < -0.3 is 14.9 Å². The van der Waals surface area contributed by atoms with Crippen LogP contribution in [0.15, 0.2) is 28.8 Å². The molecule has 2 rings (SSSR count). The first-order valence-electron chi connectivity index (χ1n) is 6.32. The fourth-order valence-electron chi connectivity index (χ4n) is 1.66. The predicted molar refractivity (Wildman–Crippen MR) is 69.7 cm³/mol. The van der Waals surface area contributed by atoms with Gasteiger partial charge in [-0.2, -0.15) is 18.2 Å². The van der Waals surface area contributed by atoms with Crippen molar-refractivity contribution in [3.05, 3.63) is 30.1 Å². The van der Waals surface area contributed by atoms with Gasteiger partial charge in [-0.15, -0.1) is 0 Å². The normalized spacial score (nSPS) is 11.6. The number of nitrogens with zero attached hydrogens (tertiary/aromatic N) is 2. The van der Waals surface area contributed by atoms with E-state index >= 15 is 0 Å². The fourth-order valence-corrected chi connectivity index (χ4v) is 1.66. The standard InChI is InChI=1S/C13H14F3N3O2/c14-13(15,16)6-5-11-18-12(21-19-11)9-1-3-10(4-2-9)17-7-8-20/h1-4,17,20H,5-8H2. The summed E-state index contributed by atoms with van der Waals surface area (Å²) < 4.78 is 41.3. The smallest absolute Gasteiger partial charge is 0.389 e. The number of hydrogen-bond acceptors (Lipinski definition) is 5. The predicted octanol–water partition coefficient (Wildman–Crippen LogP) is 2.64. The highest BCUT2D eigenvalue weighted by atomic mass is 19.4. The molecule has 5 nitrogen and oxygen atoms in total. The van der Waals surface area contributed by atoms with Crippen molar-refractivity contribution in [1.82, 2.24) is 10.1 Å². The molecule has 0 amide bonds. The van der Waals surface area contributed by atoms with Crippen molar-refractivity contribution in [2.45, 2.75) is 19.0 Å². The molecule has 21 heavy (non-hydrogen) atoms. The van der Waals surface area contributed by atoms with Crippen molar-refractivity contribution < 1.29 is 22.8 Å². The monoisotopic (exact) mass is 301 g/mol. The van der Waals surface area contributed by atoms with E-state index in [9.17, 15) is 13.2 Å². The molecular formula is C13H14F3N3O2. The lowest BCUT2D eigenvalue weighted by Gasteiger charge is -2.03. The van der Waals surface area contributed by atoms with Gasteiger partial charge in [0, 0.05) is 24.2 Å². The number of aliphatic hydroxyl groups is 1. The molecule has 1 aromatic carbocycles. The maximum absolute atomic E-state index is 12.1. The number of aryl methyl sites for hydroxylation is 1. The van der Waals surface area contributed by atoms with Gasteiger partial charge in [-0.1, -0.05) is 5.16 Å². The first-order valence-corrected chi connectivity index (χ1v) is 6.32. The second-order valence-corrected chi connectivity index (χ2v) is 4.36. The Kier molecular flexibility index (Phi) is 4.79. The van der Waals surface area contributed by atoms with E-state index in [1.165, 1.54) is 0 Å². The summed E-state index contributed by atoms with van der Waals surface area (Å²) in [6.45, 7) is 0.454. The van der Waals surface area contributed by atoms with Gasteiger partial charge in [0.05, 0.1) is 13.0 Å². The number of rotatable bonds is 6. The van der Waals surface area contributed by atoms with E-state index in [0.717, 1.165) is 5.69 Å². The largest absolute Gasteiger partial charge is 0.395 e. The molecule has 2 N–H and O–H groups in total. The lowest BCUT2D eigenvalue weighted by Crippen LogP contribution is -2.09. The molecule has 0 aliphatic rings. The van der Waals surface area contributed by atoms with Crippen LogP contribution in [0, 0.1) is 0 Å². The highest BCUT2D eigenvalue weighted by Gasteiger charge is 2.27. The quantitative estimate of drug-likeness (QED) is 0.858. The van der Waals surface area contributed by atoms with Crippen LogP contribution in [-0.2, 0) is 6.42 Å². The molecule has 114 valence electrons. The second-order valence-electron chi connectivity index (χ2n) is 4.36. The Bertz CT molecular complexity index is 567. The van der Waals surface area contributed by atoms with Crippen LogP contribution >= 0.6 is 0 Å². The summed E-state index contributed by atoms with van der Waals surface area (Å²) in [5.41, 5.74) is 1.43. The maximum Gasteiger partial charge on any atom is 0.389 e. The van der Waals surface area contributed by atoms with E-state index in [0.29, 0.717) is 12.1 Å². The van der Waals surface area contributed by atoms with E-state index < -0.39 is 12.6 Å². The van der Waals surface area contributed by atoms with Crippen LogP contribution in [0.3, 0.4) is 0 Å². The summed E-state index contributed by atoms with van der Waals surface area (Å²) in [6.07, 6.45) is -5.51. The van der Waals surface area contributed by atoms with Gasteiger partial charge in [0.1, 0.15) is 0 Å². The van der Waals surface area contributed by atoms with Gasteiger partial charge in [0.2, 0.25) is 0 Å². The topological polar surface area (TPSA) is 71.2 Å². The molecule has 0 atom stereocenters. The van der Waals surface area contributed by atoms with Gasteiger partial charge in [-0.3, -0.25) is 0 Å². The first-order chi connectivity index (χ1) is 9.98. The molecule has 0 saturated heterocycles. The van der Waals surface area contributed by atoms with Crippen LogP contribution in [0.25, 0.3) is 11.5 Å². The summed E-state index contributed by atoms with van der Waals surface area (Å²) >= 11 is 0. The summed E-state index contributed by atoms with van der Waals surface area (Å²) in [6, 6.07) is 6.93. The van der Waals surface area contributed by atoms with Gasteiger partial charge in [0.15, 0.2) is 5.82 Å². The Morgan fingerprint density at radius 2 is 1.90 bits per heavy atom. The lowest BCUT2D eigenvalue weighted by molar-refractivity contribution is -0.134. The van der Waals surface area contributed by atoms with Crippen molar-refractivity contribution in [3.63, 3.8) is 0 Å². The van der Waals surface area contributed by atoms with Gasteiger partial charge in [-0.25, -0.2) is 0 Å². The molecule has 0 saturated carbocycles. The van der Waals surface area contributed by atoms with Crippen LogP contribution in [0.2, 0.25) is 0 Å². The molecule has 0 aliphatic carbocycles. The van der Waals surface area contributed by atoms with E-state index in [-0.39, 0.29) is 24.7 Å². The minimum Gasteiger partial charge on any atom is -0.395 e. The van der Waals surface area contributed by atoms with Gasteiger partial charge in [0.25, 0.3) is 5.89 Å². The summed E-state index contributed by atoms with van der Waals surface area (Å²) in [4.78, 5) is 3.94. The summed E-state index contributed by atoms with van der Waals surface area (Å²) in [5.74, 6) is 0.214. The van der Waals surface area contributed by atoms with Crippen LogP contribution in [-0.4, -0.2) is 34.6 Å². The van der Waals surface area contributed by atoms with Crippen molar-refractivity contribution in [2.75, 3.05) is 18.5 Å². The number of alkyl halides is 3. The Balaban J connectivity index is 2.00. The zero-order valence-corrected chi connectivity index (χ0v) is 11.0. The summed E-state index contributed by atoms with van der Waals surface area (Å²) in [5, 5.41) is 15.2. The minimum absolute atomic E-state index is 0.0218. The molecule has 2 aromatic rings. The molecular weight excluding hydrogens is 287 g/mol. The number of nitrogens with one attached hydrogen (secondary N) is 1. The van der Waals surface area contributed by atoms with Crippen molar-refractivity contribution >= 4 is 5.69 Å². The molecule has 0 spiro atoms. The van der Waals surface area contributed by atoms with Crippen LogP contribution in [0.5, 0.6) is 0 Å². The van der Waals surface area contributed by atoms with E-state index in [1.807, 2.05) is 0 Å². The third kappa shape index (κ3) is 4.75. The Hall–Kier alpha value is -2.09. The molecule has 0 fully saturated rings. The number of aliphatic hydroxyl groups excluding tert-OH is 1. The number of hydrogen-bond donors (Lipinski definition) is 2. The third-order valence-corrected chi connectivity index (χ3v) is 2.67. The zero-order chi connectivity index (χ0) is 15.3. The lowest BCUT2D eigenvalue weighted by atomic mass is 10.2. The van der Waals surface area contributed by atoms with E-state index in [1.54, 1.807) is 24.3 Å². The van der Waals surface area contributed by atoms with Crippen LogP contribution < -0.4 is 5.32 Å². The van der Waals surface area contributed by atoms with Gasteiger partial charge in [-0.05, 0) is 24.3 Å². The maximum atomic E-state index is 12.1. The van der Waals surface area contributed by atoms with Crippen LogP contribution in [0.4, 0.5) is 18.9 Å². The third-order valence-electron chi connectivity index (χ3n) is 2.67. The fraction of sp³-hybridized carbons (Fsp3) is 0.385. The van der Waals surface area contributed by atoms with E-state index in [2.05, 4.69) is 15.5 Å². The van der Waals surface area contributed by atoms with E-state index in [4.69, 9.17) is 9.63 Å². The Morgan fingerprint density at radius 3 is 2.52 bits per heavy atom. The Morgan fingerprint density at radius 1 is 1.19 bits per heavy atom. The van der Waals surface area contributed by atoms with Crippen molar-refractivity contribution in [2.24, 2.45) is 0 Å². The molecule has 0 radical (unpaired) electrons. The molecule has 1 aromatic heterocycles. The molecule has 8 heteroatoms. The number of aromatic nitrogens is 2. The van der Waals surface area contributed by atoms with Crippen LogP contribution in [0.1, 0.15) is 12.2 Å². The average Bonchev–Trinajstić information content (AvgIpc) is 2.92. The first kappa shape index (κ1) is 15.3. The SMILES string of the molecule is OCCNc1ccc(-c2nc(CCC(F)(F)F)no2)cc1. The number of halogens is 3. The molecule has 0 aliphatic heterocycles. The molecule has 0 bridgehead atoms. The van der Waals surface area contributed by atoms with Crippen molar-refractivity contribution in [3.8, 4) is 11.5 Å². The second kappa shape index (κ2) is 6.57.